The molecule has 0 saturated carbocycles. The largest absolute Gasteiger partial charge is 0.377 e. The molecule has 62 heavy (non-hydrogen) atoms. The van der Waals surface area contributed by atoms with E-state index in [1.807, 2.05) is 36.5 Å². The number of rotatable bonds is 14. The van der Waals surface area contributed by atoms with E-state index in [2.05, 4.69) is 71.7 Å². The van der Waals surface area contributed by atoms with Crippen LogP contribution in [0.2, 0.25) is 0 Å². The van der Waals surface area contributed by atoms with E-state index in [0.717, 1.165) is 106 Å². The van der Waals surface area contributed by atoms with Crippen molar-refractivity contribution in [3.8, 4) is 11.1 Å². The Labute approximate surface area is 365 Å². The minimum absolute atomic E-state index is 0.0316. The van der Waals surface area contributed by atoms with Crippen LogP contribution in [0.3, 0.4) is 0 Å². The van der Waals surface area contributed by atoms with Crippen LogP contribution in [-0.4, -0.2) is 94.1 Å². The molecule has 3 aliphatic rings. The van der Waals surface area contributed by atoms with Crippen LogP contribution in [0.5, 0.6) is 0 Å². The standard InChI is InChI=1S/C46H53F3N12S/c1-7-58(6)62-57-41-12-10-38(47)43(44(41)49)29(3)37-27-51-45-36(37)22-32(24-50-45)33-25-52-46(53-26-33)61-20-18-59(19-21-61)31(5)55-34-14-16-60(17-15-34)42-13-9-35(23-39(42)48)56-40-11-8-28(2)54-30(40)4/h9-10,12-13,22-27,34,40,54-57H,2-5,7-8,11,14-21H2,1,6H3,(H,50,51). The number of benzene rings is 2. The molecule has 5 N–H and O–H groups in total. The fourth-order valence-corrected chi connectivity index (χ4v) is 8.67. The van der Waals surface area contributed by atoms with Gasteiger partial charge < -0.3 is 40.4 Å². The van der Waals surface area contributed by atoms with Crippen molar-refractivity contribution in [3.63, 3.8) is 0 Å². The van der Waals surface area contributed by atoms with Gasteiger partial charge in [0.1, 0.15) is 17.3 Å². The Balaban J connectivity index is 0.828. The summed E-state index contributed by atoms with van der Waals surface area (Å²) in [6, 6.07) is 10.2. The minimum Gasteiger partial charge on any atom is -0.377 e. The quantitative estimate of drug-likeness (QED) is 0.0691. The van der Waals surface area contributed by atoms with Gasteiger partial charge in [-0.1, -0.05) is 33.2 Å². The Morgan fingerprint density at radius 2 is 1.63 bits per heavy atom. The summed E-state index contributed by atoms with van der Waals surface area (Å²) < 4.78 is 51.0. The van der Waals surface area contributed by atoms with Gasteiger partial charge in [-0.3, -0.25) is 0 Å². The predicted octanol–water partition coefficient (Wildman–Crippen LogP) is 8.47. The minimum atomic E-state index is -0.717. The van der Waals surface area contributed by atoms with E-state index in [9.17, 15) is 0 Å². The summed E-state index contributed by atoms with van der Waals surface area (Å²) in [7, 11) is 1.87. The van der Waals surface area contributed by atoms with Crippen molar-refractivity contribution in [2.24, 2.45) is 0 Å². The van der Waals surface area contributed by atoms with Gasteiger partial charge in [0, 0.05) is 128 Å². The van der Waals surface area contributed by atoms with Gasteiger partial charge in [0.25, 0.3) is 0 Å². The smallest absolute Gasteiger partial charge is 0.225 e. The molecule has 1 atom stereocenters. The van der Waals surface area contributed by atoms with E-state index in [0.29, 0.717) is 28.2 Å². The van der Waals surface area contributed by atoms with E-state index in [4.69, 9.17) is 9.97 Å². The van der Waals surface area contributed by atoms with E-state index >= 15 is 13.2 Å². The van der Waals surface area contributed by atoms with Crippen LogP contribution in [0.25, 0.3) is 27.7 Å². The summed E-state index contributed by atoms with van der Waals surface area (Å²) in [5, 5.41) is 10.9. The average molecular weight is 863 g/mol. The van der Waals surface area contributed by atoms with Crippen LogP contribution in [-0.2, 0) is 0 Å². The lowest BCUT2D eigenvalue weighted by Gasteiger charge is -2.40. The molecule has 3 aliphatic heterocycles. The fraction of sp³-hybridized carbons (Fsp3) is 0.326. The fourth-order valence-electron chi connectivity index (χ4n) is 8.13. The van der Waals surface area contributed by atoms with E-state index < -0.39 is 11.6 Å². The molecule has 6 heterocycles. The molecule has 0 aliphatic carbocycles. The van der Waals surface area contributed by atoms with Gasteiger partial charge in [-0.25, -0.2) is 32.4 Å². The normalized spacial score (nSPS) is 17.4. The van der Waals surface area contributed by atoms with Crippen LogP contribution in [0.15, 0.2) is 105 Å². The van der Waals surface area contributed by atoms with Crippen molar-refractivity contribution in [3.05, 3.63) is 133 Å². The highest BCUT2D eigenvalue weighted by atomic mass is 32.2. The number of pyridine rings is 1. The zero-order chi connectivity index (χ0) is 43.5. The zero-order valence-electron chi connectivity index (χ0n) is 35.2. The summed E-state index contributed by atoms with van der Waals surface area (Å²) >= 11 is 1.23. The lowest BCUT2D eigenvalue weighted by atomic mass is 9.97. The first-order chi connectivity index (χ1) is 29.9. The molecule has 12 nitrogen and oxygen atoms in total. The van der Waals surface area contributed by atoms with Crippen LogP contribution in [0.1, 0.15) is 43.7 Å². The van der Waals surface area contributed by atoms with Crippen molar-refractivity contribution in [1.29, 1.82) is 0 Å². The van der Waals surface area contributed by atoms with Gasteiger partial charge >= 0.3 is 0 Å². The first-order valence-electron chi connectivity index (χ1n) is 21.0. The van der Waals surface area contributed by atoms with E-state index in [-0.39, 0.29) is 34.7 Å². The van der Waals surface area contributed by atoms with Gasteiger partial charge in [0.15, 0.2) is 5.82 Å². The number of halogens is 3. The molecule has 0 bridgehead atoms. The first kappa shape index (κ1) is 42.6. The number of hydrogen-bond acceptors (Lipinski definition) is 12. The van der Waals surface area contributed by atoms with Crippen molar-refractivity contribution < 1.29 is 13.2 Å². The second-order valence-electron chi connectivity index (χ2n) is 16.0. The van der Waals surface area contributed by atoms with Gasteiger partial charge in [0.05, 0.1) is 28.8 Å². The maximum Gasteiger partial charge on any atom is 0.225 e. The molecule has 8 rings (SSSR count). The van der Waals surface area contributed by atoms with Crippen molar-refractivity contribution in [1.82, 2.24) is 39.8 Å². The molecular weight excluding hydrogens is 810 g/mol. The van der Waals surface area contributed by atoms with E-state index in [1.54, 1.807) is 30.9 Å². The van der Waals surface area contributed by atoms with Crippen molar-refractivity contribution in [2.45, 2.75) is 44.7 Å². The number of allylic oxidation sites excluding steroid dienone is 1. The lowest BCUT2D eigenvalue weighted by molar-refractivity contribution is 0.281. The number of piperidine rings is 2. The average Bonchev–Trinajstić information content (AvgIpc) is 3.71. The van der Waals surface area contributed by atoms with Crippen LogP contribution >= 0.6 is 12.1 Å². The monoisotopic (exact) mass is 862 g/mol. The Kier molecular flexibility index (Phi) is 12.7. The number of H-pyrrole nitrogens is 1. The number of aromatic amines is 1. The molecule has 0 spiro atoms. The molecule has 16 heteroatoms. The van der Waals surface area contributed by atoms with Gasteiger partial charge in [0.2, 0.25) is 5.95 Å². The summed E-state index contributed by atoms with van der Waals surface area (Å²) in [6.07, 6.45) is 10.4. The number of anilines is 4. The van der Waals surface area contributed by atoms with Crippen LogP contribution in [0.4, 0.5) is 36.2 Å². The molecule has 3 fully saturated rings. The number of piperazine rings is 1. The number of hydrogen-bond donors (Lipinski definition) is 5. The Morgan fingerprint density at radius 1 is 0.887 bits per heavy atom. The maximum absolute atomic E-state index is 15.7. The van der Waals surface area contributed by atoms with Gasteiger partial charge in [-0.05, 0) is 74.7 Å². The summed E-state index contributed by atoms with van der Waals surface area (Å²) in [5.74, 6) is -0.126. The third-order valence-electron chi connectivity index (χ3n) is 11.9. The highest BCUT2D eigenvalue weighted by molar-refractivity contribution is 7.98. The Morgan fingerprint density at radius 3 is 2.34 bits per heavy atom. The third-order valence-corrected chi connectivity index (χ3v) is 12.8. The van der Waals surface area contributed by atoms with Crippen LogP contribution in [0, 0.1) is 17.5 Å². The Bertz CT molecular complexity index is 2470. The lowest BCUT2D eigenvalue weighted by Crippen LogP contribution is -2.51. The summed E-state index contributed by atoms with van der Waals surface area (Å²) in [5.41, 5.74) is 5.96. The SMILES string of the molecule is C=C1CCC(Nc2ccc(N3CCC(NC(=C)N4CCN(c5ncc(-c6cnc7[nH]cc(C(=C)c8c(F)ccc(NSN(C)CC)c8F)c7c6)cn5)CC4)CC3)c(F)c2)C(=C)N1. The molecular formula is C46H53F3N12S. The Hall–Kier alpha value is -6.13. The van der Waals surface area contributed by atoms with E-state index in [1.165, 1.54) is 24.3 Å². The highest BCUT2D eigenvalue weighted by Crippen LogP contribution is 2.36. The van der Waals surface area contributed by atoms with Crippen LogP contribution < -0.4 is 30.5 Å². The maximum atomic E-state index is 15.7. The molecule has 2 aromatic carbocycles. The second kappa shape index (κ2) is 18.5. The van der Waals surface area contributed by atoms with Gasteiger partial charge in [-0.2, -0.15) is 0 Å². The highest BCUT2D eigenvalue weighted by Gasteiger charge is 2.26. The van der Waals surface area contributed by atoms with Gasteiger partial charge in [-0.15, -0.1) is 0 Å². The first-order valence-corrected chi connectivity index (χ1v) is 21.7. The third kappa shape index (κ3) is 9.21. The zero-order valence-corrected chi connectivity index (χ0v) is 36.0. The molecule has 1 unspecified atom stereocenters. The van der Waals surface area contributed by atoms with Crippen molar-refractivity contribution >= 4 is 51.8 Å². The summed E-state index contributed by atoms with van der Waals surface area (Å²) in [6.45, 7) is 23.7. The topological polar surface area (TPSA) is 116 Å². The molecule has 3 saturated heterocycles. The number of fused-ring (bicyclic) bond motifs is 1. The molecule has 324 valence electrons. The molecule has 0 radical (unpaired) electrons. The van der Waals surface area contributed by atoms with Crippen molar-refractivity contribution in [2.75, 3.05) is 72.7 Å². The number of nitrogens with one attached hydrogen (secondary N) is 5. The second-order valence-corrected chi connectivity index (χ2v) is 17.0. The molecule has 3 aromatic heterocycles. The molecule has 5 aromatic rings. The number of aromatic nitrogens is 4. The predicted molar refractivity (Wildman–Crippen MR) is 247 cm³/mol. The molecule has 0 amide bonds. The summed E-state index contributed by atoms with van der Waals surface area (Å²) in [4.78, 5) is 23.6. The number of nitrogens with zero attached hydrogens (tertiary/aromatic N) is 7.